The summed E-state index contributed by atoms with van der Waals surface area (Å²) in [6, 6.07) is 12.1. The Morgan fingerprint density at radius 2 is 1.96 bits per heavy atom. The lowest BCUT2D eigenvalue weighted by atomic mass is 9.93. The number of esters is 1. The summed E-state index contributed by atoms with van der Waals surface area (Å²) in [5.41, 5.74) is 9.10. The van der Waals surface area contributed by atoms with Crippen molar-refractivity contribution in [2.45, 2.75) is 26.2 Å². The highest BCUT2D eigenvalue weighted by Crippen LogP contribution is 2.30. The lowest BCUT2D eigenvalue weighted by Crippen LogP contribution is -2.35. The Balaban J connectivity index is 1.63. The van der Waals surface area contributed by atoms with E-state index in [1.54, 1.807) is 0 Å². The fourth-order valence-corrected chi connectivity index (χ4v) is 3.33. The van der Waals surface area contributed by atoms with Crippen LogP contribution in [-0.2, 0) is 9.53 Å². The van der Waals surface area contributed by atoms with E-state index in [2.05, 4.69) is 22.0 Å². The summed E-state index contributed by atoms with van der Waals surface area (Å²) in [7, 11) is 0. The van der Waals surface area contributed by atoms with Crippen molar-refractivity contribution in [1.29, 1.82) is 0 Å². The first-order valence-electron chi connectivity index (χ1n) is 8.89. The van der Waals surface area contributed by atoms with Crippen molar-refractivity contribution in [3.8, 4) is 11.1 Å². The molecule has 0 radical (unpaired) electrons. The molecule has 0 atom stereocenters. The quantitative estimate of drug-likeness (QED) is 0.845. The molecule has 2 heterocycles. The van der Waals surface area contributed by atoms with E-state index in [4.69, 9.17) is 10.5 Å². The second-order valence-electron chi connectivity index (χ2n) is 6.44. The van der Waals surface area contributed by atoms with E-state index in [9.17, 15) is 4.79 Å². The van der Waals surface area contributed by atoms with Gasteiger partial charge in [-0.05, 0) is 37.3 Å². The van der Waals surface area contributed by atoms with E-state index in [-0.39, 0.29) is 5.97 Å². The molecule has 0 saturated carbocycles. The Hall–Kier alpha value is -2.56. The van der Waals surface area contributed by atoms with Crippen LogP contribution in [0.25, 0.3) is 11.1 Å². The van der Waals surface area contributed by atoms with Crippen molar-refractivity contribution in [1.82, 2.24) is 4.98 Å². The van der Waals surface area contributed by atoms with Crippen molar-refractivity contribution < 1.29 is 9.53 Å². The minimum absolute atomic E-state index is 0.0918. The van der Waals surface area contributed by atoms with Crippen LogP contribution >= 0.6 is 0 Å². The Morgan fingerprint density at radius 1 is 1.24 bits per heavy atom. The standard InChI is InChI=1S/C20H25N3O2/c1-2-25-19(24)12-15-8-10-23(11-9-15)20-18(21)13-17(14-22-20)16-6-4-3-5-7-16/h3-7,13-15H,2,8-12,21H2,1H3. The number of piperidine rings is 1. The molecule has 0 spiro atoms. The summed E-state index contributed by atoms with van der Waals surface area (Å²) >= 11 is 0. The number of carbonyl (C=O) groups is 1. The fraction of sp³-hybridized carbons (Fsp3) is 0.400. The zero-order valence-corrected chi connectivity index (χ0v) is 14.6. The number of benzene rings is 1. The smallest absolute Gasteiger partial charge is 0.306 e. The van der Waals surface area contributed by atoms with Gasteiger partial charge in [0.1, 0.15) is 0 Å². The van der Waals surface area contributed by atoms with Gasteiger partial charge in [0, 0.05) is 31.3 Å². The summed E-state index contributed by atoms with van der Waals surface area (Å²) in [5.74, 6) is 1.14. The van der Waals surface area contributed by atoms with Gasteiger partial charge < -0.3 is 15.4 Å². The molecular weight excluding hydrogens is 314 g/mol. The number of nitrogens with zero attached hydrogens (tertiary/aromatic N) is 2. The third kappa shape index (κ3) is 4.29. The summed E-state index contributed by atoms with van der Waals surface area (Å²) in [5, 5.41) is 0. The number of anilines is 2. The zero-order chi connectivity index (χ0) is 17.6. The van der Waals surface area contributed by atoms with Crippen molar-refractivity contribution in [3.63, 3.8) is 0 Å². The molecule has 0 amide bonds. The van der Waals surface area contributed by atoms with Crippen LogP contribution in [0.3, 0.4) is 0 Å². The Morgan fingerprint density at radius 3 is 2.60 bits per heavy atom. The lowest BCUT2D eigenvalue weighted by molar-refractivity contribution is -0.144. The first-order valence-corrected chi connectivity index (χ1v) is 8.89. The molecule has 0 bridgehead atoms. The number of carbonyl (C=O) groups excluding carboxylic acids is 1. The van der Waals surface area contributed by atoms with Gasteiger partial charge in [-0.15, -0.1) is 0 Å². The first kappa shape index (κ1) is 17.3. The number of hydrogen-bond acceptors (Lipinski definition) is 5. The molecule has 25 heavy (non-hydrogen) atoms. The van der Waals surface area contributed by atoms with Crippen LogP contribution in [0.4, 0.5) is 11.5 Å². The van der Waals surface area contributed by atoms with Crippen LogP contribution in [0.15, 0.2) is 42.6 Å². The number of nitrogen functional groups attached to an aromatic ring is 1. The minimum atomic E-state index is -0.0918. The van der Waals surface area contributed by atoms with Crippen molar-refractivity contribution in [2.75, 3.05) is 30.3 Å². The van der Waals surface area contributed by atoms with Crippen LogP contribution in [0.5, 0.6) is 0 Å². The maximum absolute atomic E-state index is 11.6. The molecule has 3 rings (SSSR count). The molecule has 2 aromatic rings. The molecule has 1 fully saturated rings. The van der Waals surface area contributed by atoms with Crippen LogP contribution in [0, 0.1) is 5.92 Å². The summed E-state index contributed by atoms with van der Waals surface area (Å²) in [4.78, 5) is 18.4. The number of hydrogen-bond donors (Lipinski definition) is 1. The first-order chi connectivity index (χ1) is 12.2. The van der Waals surface area contributed by atoms with E-state index >= 15 is 0 Å². The average Bonchev–Trinajstić information content (AvgIpc) is 2.63. The van der Waals surface area contributed by atoms with Gasteiger partial charge in [-0.1, -0.05) is 30.3 Å². The molecule has 0 aliphatic carbocycles. The van der Waals surface area contributed by atoms with E-state index in [0.717, 1.165) is 42.9 Å². The highest BCUT2D eigenvalue weighted by molar-refractivity contribution is 5.73. The number of ether oxygens (including phenoxy) is 1. The molecular formula is C20H25N3O2. The second-order valence-corrected chi connectivity index (χ2v) is 6.44. The SMILES string of the molecule is CCOC(=O)CC1CCN(c2ncc(-c3ccccc3)cc2N)CC1. The molecule has 1 saturated heterocycles. The topological polar surface area (TPSA) is 68.5 Å². The predicted molar refractivity (Wildman–Crippen MR) is 100 cm³/mol. The van der Waals surface area contributed by atoms with Crippen LogP contribution in [-0.4, -0.2) is 30.6 Å². The molecule has 1 aromatic heterocycles. The molecule has 1 aliphatic heterocycles. The number of rotatable bonds is 5. The van der Waals surface area contributed by atoms with Gasteiger partial charge in [0.05, 0.1) is 12.3 Å². The largest absolute Gasteiger partial charge is 0.466 e. The van der Waals surface area contributed by atoms with Gasteiger partial charge in [-0.25, -0.2) is 4.98 Å². The van der Waals surface area contributed by atoms with E-state index in [0.29, 0.717) is 24.6 Å². The third-order valence-electron chi connectivity index (χ3n) is 4.68. The second kappa shape index (κ2) is 8.01. The Labute approximate surface area is 148 Å². The average molecular weight is 339 g/mol. The highest BCUT2D eigenvalue weighted by Gasteiger charge is 2.24. The van der Waals surface area contributed by atoms with Gasteiger partial charge in [0.15, 0.2) is 5.82 Å². The van der Waals surface area contributed by atoms with Crippen molar-refractivity contribution in [3.05, 3.63) is 42.6 Å². The maximum atomic E-state index is 11.6. The van der Waals surface area contributed by atoms with E-state index in [1.165, 1.54) is 0 Å². The number of aromatic nitrogens is 1. The highest BCUT2D eigenvalue weighted by atomic mass is 16.5. The van der Waals surface area contributed by atoms with E-state index < -0.39 is 0 Å². The van der Waals surface area contributed by atoms with Gasteiger partial charge >= 0.3 is 5.97 Å². The van der Waals surface area contributed by atoms with Crippen molar-refractivity contribution in [2.24, 2.45) is 5.92 Å². The molecule has 1 aliphatic rings. The summed E-state index contributed by atoms with van der Waals surface area (Å²) < 4.78 is 5.05. The molecule has 1 aromatic carbocycles. The normalized spacial score (nSPS) is 15.2. The zero-order valence-electron chi connectivity index (χ0n) is 14.6. The van der Waals surface area contributed by atoms with Gasteiger partial charge in [-0.2, -0.15) is 0 Å². The van der Waals surface area contributed by atoms with Crippen LogP contribution in [0.1, 0.15) is 26.2 Å². The van der Waals surface area contributed by atoms with Crippen molar-refractivity contribution >= 4 is 17.5 Å². The lowest BCUT2D eigenvalue weighted by Gasteiger charge is -2.33. The minimum Gasteiger partial charge on any atom is -0.466 e. The molecule has 2 N–H and O–H groups in total. The maximum Gasteiger partial charge on any atom is 0.306 e. The monoisotopic (exact) mass is 339 g/mol. The Kier molecular flexibility index (Phi) is 5.53. The van der Waals surface area contributed by atoms with Gasteiger partial charge in [0.25, 0.3) is 0 Å². The molecule has 132 valence electrons. The van der Waals surface area contributed by atoms with Gasteiger partial charge in [-0.3, -0.25) is 4.79 Å². The predicted octanol–water partition coefficient (Wildman–Crippen LogP) is 3.50. The molecule has 0 unspecified atom stereocenters. The fourth-order valence-electron chi connectivity index (χ4n) is 3.33. The molecule has 5 nitrogen and oxygen atoms in total. The number of pyridine rings is 1. The van der Waals surface area contributed by atoms with E-state index in [1.807, 2.05) is 37.4 Å². The summed E-state index contributed by atoms with van der Waals surface area (Å²) in [6.45, 7) is 4.03. The Bertz CT molecular complexity index is 710. The van der Waals surface area contributed by atoms with Crippen LogP contribution in [0.2, 0.25) is 0 Å². The third-order valence-corrected chi connectivity index (χ3v) is 4.68. The van der Waals surface area contributed by atoms with Crippen LogP contribution < -0.4 is 10.6 Å². The molecule has 5 heteroatoms. The van der Waals surface area contributed by atoms with Gasteiger partial charge in [0.2, 0.25) is 0 Å². The number of nitrogens with two attached hydrogens (primary N) is 1. The summed E-state index contributed by atoms with van der Waals surface area (Å²) in [6.07, 6.45) is 4.31.